The number of hydrogen-bond acceptors (Lipinski definition) is 6. The number of furan rings is 1. The predicted molar refractivity (Wildman–Crippen MR) is 121 cm³/mol. The van der Waals surface area contributed by atoms with E-state index in [1.54, 1.807) is 35.7 Å². The number of carbonyl (C=O) groups is 2. The van der Waals surface area contributed by atoms with Gasteiger partial charge in [-0.05, 0) is 62.2 Å². The lowest BCUT2D eigenvalue weighted by molar-refractivity contribution is -0.448. The van der Waals surface area contributed by atoms with Gasteiger partial charge in [0.1, 0.15) is 11.7 Å². The molecule has 7 fully saturated rings. The quantitative estimate of drug-likeness (QED) is 0.675. The lowest BCUT2D eigenvalue weighted by Gasteiger charge is -2.89. The summed E-state index contributed by atoms with van der Waals surface area (Å²) < 4.78 is 11.7. The fourth-order valence-electron chi connectivity index (χ4n) is 9.33. The first-order valence-electron chi connectivity index (χ1n) is 12.7. The van der Waals surface area contributed by atoms with Crippen LogP contribution < -0.4 is 0 Å². The number of nitrogens with zero attached hydrogens (tertiary/aromatic N) is 2. The third-order valence-corrected chi connectivity index (χ3v) is 10.7. The van der Waals surface area contributed by atoms with Crippen molar-refractivity contribution in [3.8, 4) is 0 Å². The van der Waals surface area contributed by atoms with Crippen LogP contribution in [-0.2, 0) is 14.3 Å². The predicted octanol–water partition coefficient (Wildman–Crippen LogP) is 2.02. The van der Waals surface area contributed by atoms with Crippen LogP contribution in [0.5, 0.6) is 0 Å². The molecule has 9 atom stereocenters. The summed E-state index contributed by atoms with van der Waals surface area (Å²) in [6.45, 7) is 1.04. The van der Waals surface area contributed by atoms with Crippen molar-refractivity contribution in [3.63, 3.8) is 0 Å². The van der Waals surface area contributed by atoms with Crippen LogP contribution >= 0.6 is 0 Å². The second kappa shape index (κ2) is 6.12. The lowest BCUT2D eigenvalue weighted by atomic mass is 9.25. The molecule has 34 heavy (non-hydrogen) atoms. The zero-order chi connectivity index (χ0) is 23.0. The van der Waals surface area contributed by atoms with Crippen LogP contribution in [0.25, 0.3) is 6.08 Å². The van der Waals surface area contributed by atoms with E-state index in [-0.39, 0.29) is 47.3 Å². The van der Waals surface area contributed by atoms with Gasteiger partial charge in [0.15, 0.2) is 5.78 Å². The van der Waals surface area contributed by atoms with E-state index < -0.39 is 17.1 Å². The molecule has 3 heterocycles. The Balaban J connectivity index is 1.19. The van der Waals surface area contributed by atoms with E-state index in [0.29, 0.717) is 6.42 Å². The van der Waals surface area contributed by atoms with Crippen LogP contribution in [0.15, 0.2) is 41.2 Å². The number of fused-ring (bicyclic) bond motifs is 1. The second-order valence-electron chi connectivity index (χ2n) is 11.9. The third kappa shape index (κ3) is 2.01. The molecule has 5 saturated carbocycles. The Kier molecular flexibility index (Phi) is 3.60. The summed E-state index contributed by atoms with van der Waals surface area (Å²) in [5, 5.41) is 12.4. The van der Waals surface area contributed by atoms with E-state index in [4.69, 9.17) is 9.15 Å². The smallest absolute Gasteiger partial charge is 0.246 e. The molecular weight excluding hydrogens is 432 g/mol. The topological polar surface area (TPSA) is 83.2 Å². The van der Waals surface area contributed by atoms with Gasteiger partial charge in [0.2, 0.25) is 5.91 Å². The van der Waals surface area contributed by atoms with Crippen molar-refractivity contribution in [1.82, 2.24) is 9.80 Å². The van der Waals surface area contributed by atoms with Gasteiger partial charge in [-0.15, -0.1) is 0 Å². The van der Waals surface area contributed by atoms with Crippen LogP contribution in [0.1, 0.15) is 37.7 Å². The molecule has 2 aliphatic heterocycles. The first kappa shape index (κ1) is 20.0. The van der Waals surface area contributed by atoms with Crippen LogP contribution in [-0.4, -0.2) is 75.6 Å². The molecule has 9 unspecified atom stereocenters. The van der Waals surface area contributed by atoms with E-state index >= 15 is 0 Å². The van der Waals surface area contributed by atoms with Gasteiger partial charge in [0.25, 0.3) is 0 Å². The van der Waals surface area contributed by atoms with Crippen molar-refractivity contribution in [2.75, 3.05) is 13.6 Å². The third-order valence-electron chi connectivity index (χ3n) is 10.7. The van der Waals surface area contributed by atoms with E-state index in [0.717, 1.165) is 30.9 Å². The van der Waals surface area contributed by atoms with Crippen molar-refractivity contribution in [2.45, 2.75) is 67.5 Å². The van der Waals surface area contributed by atoms with Crippen LogP contribution in [0.4, 0.5) is 0 Å². The number of hydrogen-bond donors (Lipinski definition) is 1. The van der Waals surface area contributed by atoms with Gasteiger partial charge in [-0.2, -0.15) is 0 Å². The van der Waals surface area contributed by atoms with Gasteiger partial charge in [-0.25, -0.2) is 0 Å². The minimum Gasteiger partial charge on any atom is -0.472 e. The molecule has 1 aromatic heterocycles. The number of likely N-dealkylation sites (N-methyl/N-ethyl adjacent to an activating group) is 1. The average Bonchev–Trinajstić information content (AvgIpc) is 3.35. The summed E-state index contributed by atoms with van der Waals surface area (Å²) >= 11 is 0. The SMILES string of the molecule is CN(C(=O)C=Cc1ccoc1)C1CC23CC45C1OC1C(=O)C=CC(CC(N2CC2CC2)C43O)C15. The molecule has 8 aliphatic rings. The summed E-state index contributed by atoms with van der Waals surface area (Å²) in [7, 11) is 1.84. The summed E-state index contributed by atoms with van der Waals surface area (Å²) in [5.41, 5.74) is -0.713. The van der Waals surface area contributed by atoms with E-state index in [1.165, 1.54) is 12.8 Å². The highest BCUT2D eigenvalue weighted by atomic mass is 16.5. The maximum absolute atomic E-state index is 13.2. The van der Waals surface area contributed by atoms with Crippen LogP contribution in [0, 0.1) is 23.2 Å². The summed E-state index contributed by atoms with van der Waals surface area (Å²) in [6, 6.07) is 1.78. The molecule has 6 aliphatic carbocycles. The van der Waals surface area contributed by atoms with Gasteiger partial charge in [-0.3, -0.25) is 14.5 Å². The number of carbonyl (C=O) groups excluding carboxylic acids is 2. The molecule has 7 nitrogen and oxygen atoms in total. The molecule has 0 radical (unpaired) electrons. The number of aliphatic hydroxyl groups is 1. The van der Waals surface area contributed by atoms with E-state index in [9.17, 15) is 14.7 Å². The Morgan fingerprint density at radius 1 is 1.38 bits per heavy atom. The molecule has 2 saturated heterocycles. The molecule has 9 rings (SSSR count). The first-order valence-corrected chi connectivity index (χ1v) is 12.7. The normalized spacial score (nSPS) is 49.5. The van der Waals surface area contributed by atoms with Crippen molar-refractivity contribution >= 4 is 17.8 Å². The monoisotopic (exact) mass is 462 g/mol. The van der Waals surface area contributed by atoms with Gasteiger partial charge in [0.05, 0.1) is 30.2 Å². The Labute approximate surface area is 198 Å². The van der Waals surface area contributed by atoms with Crippen molar-refractivity contribution in [3.05, 3.63) is 42.4 Å². The van der Waals surface area contributed by atoms with Crippen molar-refractivity contribution in [1.29, 1.82) is 0 Å². The maximum atomic E-state index is 13.2. The van der Waals surface area contributed by atoms with Crippen LogP contribution in [0.2, 0.25) is 0 Å². The van der Waals surface area contributed by atoms with Crippen LogP contribution in [0.3, 0.4) is 0 Å². The molecule has 2 bridgehead atoms. The summed E-state index contributed by atoms with van der Waals surface area (Å²) in [4.78, 5) is 30.6. The maximum Gasteiger partial charge on any atom is 0.246 e. The Morgan fingerprint density at radius 3 is 3.00 bits per heavy atom. The zero-order valence-corrected chi connectivity index (χ0v) is 19.3. The van der Waals surface area contributed by atoms with Gasteiger partial charge >= 0.3 is 0 Å². The second-order valence-corrected chi connectivity index (χ2v) is 11.9. The molecule has 0 aromatic carbocycles. The largest absolute Gasteiger partial charge is 0.472 e. The van der Waals surface area contributed by atoms with Gasteiger partial charge in [-0.1, -0.05) is 6.08 Å². The highest BCUT2D eigenvalue weighted by molar-refractivity contribution is 5.96. The highest BCUT2D eigenvalue weighted by Crippen LogP contribution is 2.84. The molecule has 1 amide bonds. The van der Waals surface area contributed by atoms with Crippen molar-refractivity contribution < 1.29 is 23.8 Å². The average molecular weight is 463 g/mol. The summed E-state index contributed by atoms with van der Waals surface area (Å²) in [6.07, 6.45) is 14.5. The number of likely N-dealkylation sites (tertiary alicyclic amines) is 1. The minimum atomic E-state index is -0.812. The fraction of sp³-hybridized carbons (Fsp3) is 0.630. The number of piperidine rings is 1. The molecule has 2 spiro atoms. The first-order chi connectivity index (χ1) is 16.4. The lowest BCUT2D eigenvalue weighted by Crippen LogP contribution is -3.03. The Hall–Kier alpha value is -2.22. The molecule has 178 valence electrons. The number of amides is 1. The Bertz CT molecular complexity index is 1160. The standard InChI is InChI=1S/C27H30N2O5/c1-28(21(31)7-4-16-8-9-33-13-16)18-11-25-14-26-22-17(5-6-19(30)23(22)34-24(18)26)10-20(27(25,26)32)29(25)12-15-2-3-15/h4-9,13,15,17-18,20,22-24,32H,2-3,10-12,14H2,1H3. The number of rotatable bonds is 5. The van der Waals surface area contributed by atoms with Gasteiger partial charge in [0, 0.05) is 42.6 Å². The molecule has 7 heteroatoms. The highest BCUT2D eigenvalue weighted by Gasteiger charge is 2.95. The van der Waals surface area contributed by atoms with E-state index in [1.807, 2.05) is 13.1 Å². The van der Waals surface area contributed by atoms with E-state index in [2.05, 4.69) is 11.0 Å². The molecule has 1 N–H and O–H groups in total. The zero-order valence-electron chi connectivity index (χ0n) is 19.3. The van der Waals surface area contributed by atoms with Gasteiger partial charge < -0.3 is 19.2 Å². The fourth-order valence-corrected chi connectivity index (χ4v) is 9.33. The number of ketones is 1. The summed E-state index contributed by atoms with van der Waals surface area (Å²) in [5.74, 6) is 0.923. The number of allylic oxidation sites excluding steroid dienone is 1. The number of ether oxygens (including phenoxy) is 1. The van der Waals surface area contributed by atoms with Crippen molar-refractivity contribution in [2.24, 2.45) is 23.2 Å². The minimum absolute atomic E-state index is 0.0141. The molecule has 1 aromatic rings. The Morgan fingerprint density at radius 2 is 2.24 bits per heavy atom. The molecular formula is C27H30N2O5.